The maximum atomic E-state index is 12.1. The van der Waals surface area contributed by atoms with Crippen LogP contribution in [0, 0.1) is 5.92 Å². The van der Waals surface area contributed by atoms with E-state index in [0.717, 1.165) is 12.8 Å². The lowest BCUT2D eigenvalue weighted by Gasteiger charge is -2.17. The molecule has 0 bridgehead atoms. The zero-order valence-corrected chi connectivity index (χ0v) is 12.2. The average Bonchev–Trinajstić information content (AvgIpc) is 3.21. The molecule has 1 aliphatic carbocycles. The molecule has 8 heteroatoms. The van der Waals surface area contributed by atoms with Gasteiger partial charge >= 0.3 is 0 Å². The van der Waals surface area contributed by atoms with Gasteiger partial charge in [0.05, 0.1) is 6.10 Å². The molecule has 0 radical (unpaired) electrons. The van der Waals surface area contributed by atoms with Gasteiger partial charge in [-0.15, -0.1) is 0 Å². The molecule has 21 heavy (non-hydrogen) atoms. The first-order valence-electron chi connectivity index (χ1n) is 6.92. The molecule has 1 unspecified atom stereocenters. The molecule has 1 atom stereocenters. The molecule has 0 spiro atoms. The van der Waals surface area contributed by atoms with Crippen molar-refractivity contribution >= 4 is 21.7 Å². The SMILES string of the molecule is O=C(NS(=O)(=O)c1cccc(N2CCC(O)C2)n1)C1CC1. The highest BCUT2D eigenvalue weighted by Crippen LogP contribution is 2.29. The molecule has 2 fully saturated rings. The minimum absolute atomic E-state index is 0.171. The summed E-state index contributed by atoms with van der Waals surface area (Å²) in [5, 5.41) is 9.36. The molecule has 1 aromatic heterocycles. The van der Waals surface area contributed by atoms with Crippen molar-refractivity contribution in [3.63, 3.8) is 0 Å². The molecule has 1 saturated heterocycles. The first-order chi connectivity index (χ1) is 9.95. The maximum absolute atomic E-state index is 12.1. The Hall–Kier alpha value is -1.67. The fourth-order valence-electron chi connectivity index (χ4n) is 2.29. The normalized spacial score (nSPS) is 22.3. The predicted octanol–water partition coefficient (Wildman–Crippen LogP) is -0.133. The number of carbonyl (C=O) groups excluding carboxylic acids is 1. The second-order valence-electron chi connectivity index (χ2n) is 5.47. The molecule has 7 nitrogen and oxygen atoms in total. The number of nitrogens with zero attached hydrogens (tertiary/aromatic N) is 2. The summed E-state index contributed by atoms with van der Waals surface area (Å²) in [4.78, 5) is 17.5. The lowest BCUT2D eigenvalue weighted by atomic mass is 10.3. The number of carbonyl (C=O) groups is 1. The fraction of sp³-hybridized carbons (Fsp3) is 0.538. The summed E-state index contributed by atoms with van der Waals surface area (Å²) in [5.41, 5.74) is 0. The van der Waals surface area contributed by atoms with Gasteiger partial charge in [0, 0.05) is 19.0 Å². The maximum Gasteiger partial charge on any atom is 0.281 e. The third-order valence-corrected chi connectivity index (χ3v) is 4.90. The lowest BCUT2D eigenvalue weighted by Crippen LogP contribution is -2.32. The molecule has 114 valence electrons. The summed E-state index contributed by atoms with van der Waals surface area (Å²) in [6.45, 7) is 1.07. The highest BCUT2D eigenvalue weighted by molar-refractivity contribution is 7.90. The van der Waals surface area contributed by atoms with E-state index in [1.807, 2.05) is 4.90 Å². The standard InChI is InChI=1S/C13H17N3O4S/c17-10-6-7-16(8-10)11-2-1-3-12(14-11)21(19,20)15-13(18)9-4-5-9/h1-3,9-10,17H,4-8H2,(H,15,18). The van der Waals surface area contributed by atoms with Gasteiger partial charge in [0.25, 0.3) is 10.0 Å². The summed E-state index contributed by atoms with van der Waals surface area (Å²) in [5.74, 6) is -0.149. The van der Waals surface area contributed by atoms with E-state index in [0.29, 0.717) is 25.3 Å². The molecule has 1 amide bonds. The number of pyridine rings is 1. The van der Waals surface area contributed by atoms with Crippen LogP contribution in [0.15, 0.2) is 23.2 Å². The number of hydrogen-bond donors (Lipinski definition) is 2. The Balaban J connectivity index is 1.79. The summed E-state index contributed by atoms with van der Waals surface area (Å²) in [6.07, 6.45) is 1.69. The van der Waals surface area contributed by atoms with E-state index >= 15 is 0 Å². The van der Waals surface area contributed by atoms with E-state index in [4.69, 9.17) is 0 Å². The van der Waals surface area contributed by atoms with Gasteiger partial charge < -0.3 is 10.0 Å². The number of rotatable bonds is 4. The van der Waals surface area contributed by atoms with Crippen LogP contribution in [0.5, 0.6) is 0 Å². The predicted molar refractivity (Wildman–Crippen MR) is 75.1 cm³/mol. The molecule has 0 aromatic carbocycles. The van der Waals surface area contributed by atoms with Gasteiger partial charge in [-0.1, -0.05) is 6.07 Å². The number of sulfonamides is 1. The Kier molecular flexibility index (Phi) is 3.58. The van der Waals surface area contributed by atoms with Crippen molar-refractivity contribution < 1.29 is 18.3 Å². The second-order valence-corrected chi connectivity index (χ2v) is 7.10. The van der Waals surface area contributed by atoms with Crippen LogP contribution >= 0.6 is 0 Å². The van der Waals surface area contributed by atoms with Crippen molar-refractivity contribution in [1.82, 2.24) is 9.71 Å². The molecule has 1 aromatic rings. The Morgan fingerprint density at radius 1 is 1.33 bits per heavy atom. The number of β-amino-alcohol motifs (C(OH)–C–C–N with tert-alkyl or cyclic N) is 1. The van der Waals surface area contributed by atoms with Crippen LogP contribution in [0.25, 0.3) is 0 Å². The number of nitrogens with one attached hydrogen (secondary N) is 1. The minimum Gasteiger partial charge on any atom is -0.391 e. The first-order valence-corrected chi connectivity index (χ1v) is 8.41. The van der Waals surface area contributed by atoms with Gasteiger partial charge in [-0.25, -0.2) is 9.71 Å². The molecule has 2 heterocycles. The van der Waals surface area contributed by atoms with Crippen molar-refractivity contribution in [1.29, 1.82) is 0 Å². The number of aromatic nitrogens is 1. The van der Waals surface area contributed by atoms with Crippen LogP contribution in [0.1, 0.15) is 19.3 Å². The summed E-state index contributed by atoms with van der Waals surface area (Å²) in [7, 11) is -3.93. The average molecular weight is 311 g/mol. The lowest BCUT2D eigenvalue weighted by molar-refractivity contribution is -0.120. The van der Waals surface area contributed by atoms with Crippen LogP contribution in [-0.2, 0) is 14.8 Å². The highest BCUT2D eigenvalue weighted by atomic mass is 32.2. The largest absolute Gasteiger partial charge is 0.391 e. The van der Waals surface area contributed by atoms with Gasteiger partial charge in [-0.05, 0) is 31.4 Å². The zero-order valence-electron chi connectivity index (χ0n) is 11.4. The van der Waals surface area contributed by atoms with Crippen molar-refractivity contribution in [2.45, 2.75) is 30.4 Å². The first kappa shape index (κ1) is 14.3. The number of hydrogen-bond acceptors (Lipinski definition) is 6. The van der Waals surface area contributed by atoms with E-state index in [1.54, 1.807) is 12.1 Å². The Labute approximate surface area is 123 Å². The van der Waals surface area contributed by atoms with Gasteiger partial charge in [0.2, 0.25) is 5.91 Å². The van der Waals surface area contributed by atoms with Crippen LogP contribution in [-0.4, -0.2) is 43.6 Å². The monoisotopic (exact) mass is 311 g/mol. The third-order valence-electron chi connectivity index (χ3n) is 3.65. The fourth-order valence-corrected chi connectivity index (χ4v) is 3.30. The van der Waals surface area contributed by atoms with Crippen LogP contribution < -0.4 is 9.62 Å². The van der Waals surface area contributed by atoms with Crippen molar-refractivity contribution in [2.24, 2.45) is 5.92 Å². The van der Waals surface area contributed by atoms with E-state index < -0.39 is 22.0 Å². The molecule has 3 rings (SSSR count). The van der Waals surface area contributed by atoms with Crippen LogP contribution in [0.3, 0.4) is 0 Å². The molecule has 2 N–H and O–H groups in total. The van der Waals surface area contributed by atoms with Gasteiger partial charge in [0.15, 0.2) is 5.03 Å². The van der Waals surface area contributed by atoms with Crippen molar-refractivity contribution in [3.05, 3.63) is 18.2 Å². The van der Waals surface area contributed by atoms with Gasteiger partial charge in [-0.3, -0.25) is 4.79 Å². The van der Waals surface area contributed by atoms with E-state index in [9.17, 15) is 18.3 Å². The van der Waals surface area contributed by atoms with E-state index in [1.165, 1.54) is 6.07 Å². The zero-order chi connectivity index (χ0) is 15.0. The molecule has 1 saturated carbocycles. The quantitative estimate of drug-likeness (QED) is 0.803. The topological polar surface area (TPSA) is 99.6 Å². The van der Waals surface area contributed by atoms with Crippen molar-refractivity contribution in [3.8, 4) is 0 Å². The molecular formula is C13H17N3O4S. The second kappa shape index (κ2) is 5.27. The van der Waals surface area contributed by atoms with Gasteiger partial charge in [-0.2, -0.15) is 8.42 Å². The molecular weight excluding hydrogens is 294 g/mol. The van der Waals surface area contributed by atoms with E-state index in [2.05, 4.69) is 9.71 Å². The van der Waals surface area contributed by atoms with Crippen LogP contribution in [0.4, 0.5) is 5.82 Å². The Morgan fingerprint density at radius 2 is 2.10 bits per heavy atom. The highest BCUT2D eigenvalue weighted by Gasteiger charge is 2.33. The van der Waals surface area contributed by atoms with Gasteiger partial charge in [0.1, 0.15) is 5.82 Å². The third kappa shape index (κ3) is 3.16. The number of aliphatic hydroxyl groups is 1. The molecule has 1 aliphatic heterocycles. The Bertz CT molecular complexity index is 657. The Morgan fingerprint density at radius 3 is 2.71 bits per heavy atom. The number of amides is 1. The smallest absolute Gasteiger partial charge is 0.281 e. The number of aliphatic hydroxyl groups excluding tert-OH is 1. The van der Waals surface area contributed by atoms with Crippen LogP contribution in [0.2, 0.25) is 0 Å². The number of anilines is 1. The summed E-state index contributed by atoms with van der Waals surface area (Å²) < 4.78 is 26.4. The molecule has 2 aliphatic rings. The minimum atomic E-state index is -3.93. The van der Waals surface area contributed by atoms with E-state index in [-0.39, 0.29) is 10.9 Å². The summed E-state index contributed by atoms with van der Waals surface area (Å²) >= 11 is 0. The van der Waals surface area contributed by atoms with Crippen molar-refractivity contribution in [2.75, 3.05) is 18.0 Å². The summed E-state index contributed by atoms with van der Waals surface area (Å²) in [6, 6.07) is 4.64.